The Kier molecular flexibility index (Phi) is 6.12. The van der Waals surface area contributed by atoms with Crippen molar-refractivity contribution in [2.45, 2.75) is 32.4 Å². The Morgan fingerprint density at radius 3 is 2.91 bits per heavy atom. The highest BCUT2D eigenvalue weighted by molar-refractivity contribution is 6.35. The van der Waals surface area contributed by atoms with Crippen LogP contribution in [0.25, 0.3) is 10.9 Å². The van der Waals surface area contributed by atoms with Crippen LogP contribution < -0.4 is 27.7 Å². The number of nitrogen functional groups attached to an aromatic ring is 2. The monoisotopic (exact) mass is 453 g/mol. The number of nitrogens with zero attached hydrogens (tertiary/aromatic N) is 5. The molecule has 2 atom stereocenters. The minimum Gasteiger partial charge on any atom is -0.382 e. The van der Waals surface area contributed by atoms with Crippen molar-refractivity contribution in [2.75, 3.05) is 29.9 Å². The van der Waals surface area contributed by atoms with E-state index in [1.807, 2.05) is 13.0 Å². The van der Waals surface area contributed by atoms with Gasteiger partial charge in [-0.1, -0.05) is 17.7 Å². The average Bonchev–Trinajstić information content (AvgIpc) is 2.76. The lowest BCUT2D eigenvalue weighted by atomic mass is 9.99. The predicted molar refractivity (Wildman–Crippen MR) is 124 cm³/mol. The number of benzene rings is 1. The molecule has 3 heterocycles. The number of halogens is 1. The molecule has 3 aromatic rings. The van der Waals surface area contributed by atoms with E-state index < -0.39 is 6.04 Å². The lowest BCUT2D eigenvalue weighted by Gasteiger charge is -2.26. The first-order chi connectivity index (χ1) is 15.4. The third kappa shape index (κ3) is 4.17. The number of aromatic nitrogens is 4. The van der Waals surface area contributed by atoms with Crippen molar-refractivity contribution in [1.29, 1.82) is 5.26 Å². The van der Waals surface area contributed by atoms with Gasteiger partial charge in [-0.05, 0) is 50.9 Å². The van der Waals surface area contributed by atoms with E-state index in [1.165, 1.54) is 0 Å². The molecular formula is C21H24ClN9O. The van der Waals surface area contributed by atoms with Crippen LogP contribution in [-0.2, 0) is 6.54 Å². The van der Waals surface area contributed by atoms with Crippen molar-refractivity contribution in [3.8, 4) is 6.07 Å². The smallest absolute Gasteiger partial charge is 0.262 e. The Morgan fingerprint density at radius 2 is 2.19 bits per heavy atom. The zero-order valence-electron chi connectivity index (χ0n) is 17.6. The molecule has 1 fully saturated rings. The van der Waals surface area contributed by atoms with Crippen molar-refractivity contribution < 1.29 is 0 Å². The normalized spacial score (nSPS) is 17.1. The first kappa shape index (κ1) is 21.8. The molecule has 6 N–H and O–H groups in total. The summed E-state index contributed by atoms with van der Waals surface area (Å²) >= 11 is 6.35. The van der Waals surface area contributed by atoms with Crippen molar-refractivity contribution in [2.24, 2.45) is 5.92 Å². The number of piperidine rings is 1. The number of nitriles is 1. The topological polar surface area (TPSA) is 161 Å². The SMILES string of the molecule is C[C@H](Nc1nc(N)nc(N)c1C#N)c1nc2cccc(Cl)c2c(=O)n1C[C@H]1CCCNC1. The number of nitrogens with one attached hydrogen (secondary N) is 2. The van der Waals surface area contributed by atoms with Gasteiger partial charge in [-0.25, -0.2) is 4.98 Å². The van der Waals surface area contributed by atoms with E-state index in [9.17, 15) is 10.1 Å². The fourth-order valence-corrected chi connectivity index (χ4v) is 4.32. The van der Waals surface area contributed by atoms with E-state index in [0.717, 1.165) is 25.9 Å². The van der Waals surface area contributed by atoms with Crippen LogP contribution in [0.5, 0.6) is 0 Å². The zero-order valence-corrected chi connectivity index (χ0v) is 18.4. The summed E-state index contributed by atoms with van der Waals surface area (Å²) in [6.45, 7) is 4.14. The van der Waals surface area contributed by atoms with Crippen LogP contribution in [0.15, 0.2) is 23.0 Å². The summed E-state index contributed by atoms with van der Waals surface area (Å²) in [5, 5.41) is 16.8. The molecule has 2 aromatic heterocycles. The molecule has 0 bridgehead atoms. The van der Waals surface area contributed by atoms with Gasteiger partial charge in [0.05, 0.1) is 22.0 Å². The van der Waals surface area contributed by atoms with Gasteiger partial charge >= 0.3 is 0 Å². The van der Waals surface area contributed by atoms with Gasteiger partial charge < -0.3 is 22.1 Å². The average molecular weight is 454 g/mol. The molecule has 1 saturated heterocycles. The van der Waals surface area contributed by atoms with E-state index in [1.54, 1.807) is 22.8 Å². The van der Waals surface area contributed by atoms with E-state index in [-0.39, 0.29) is 34.6 Å². The molecule has 0 saturated carbocycles. The molecule has 0 aliphatic carbocycles. The number of nitrogens with two attached hydrogens (primary N) is 2. The van der Waals surface area contributed by atoms with Gasteiger partial charge in [-0.3, -0.25) is 9.36 Å². The highest BCUT2D eigenvalue weighted by atomic mass is 35.5. The first-order valence-corrected chi connectivity index (χ1v) is 10.8. The molecule has 0 unspecified atom stereocenters. The molecule has 4 rings (SSSR count). The third-order valence-corrected chi connectivity index (χ3v) is 5.92. The Bertz CT molecular complexity index is 1260. The van der Waals surface area contributed by atoms with Crippen LogP contribution in [0.2, 0.25) is 5.02 Å². The molecule has 1 aliphatic heterocycles. The van der Waals surface area contributed by atoms with Gasteiger partial charge in [0.2, 0.25) is 5.95 Å². The zero-order chi connectivity index (χ0) is 22.8. The van der Waals surface area contributed by atoms with Gasteiger partial charge in [0, 0.05) is 6.54 Å². The summed E-state index contributed by atoms with van der Waals surface area (Å²) in [6.07, 6.45) is 2.06. The number of anilines is 3. The van der Waals surface area contributed by atoms with Crippen LogP contribution in [0.4, 0.5) is 17.6 Å². The minimum atomic E-state index is -0.483. The Morgan fingerprint density at radius 1 is 1.38 bits per heavy atom. The number of fused-ring (bicyclic) bond motifs is 1. The minimum absolute atomic E-state index is 0.0152. The molecule has 1 aliphatic rings. The van der Waals surface area contributed by atoms with Crippen molar-refractivity contribution >= 4 is 40.1 Å². The second kappa shape index (κ2) is 8.98. The highest BCUT2D eigenvalue weighted by Gasteiger charge is 2.23. The Hall–Kier alpha value is -3.42. The molecule has 0 radical (unpaired) electrons. The molecule has 10 nitrogen and oxygen atoms in total. The molecule has 11 heteroatoms. The summed E-state index contributed by atoms with van der Waals surface area (Å²) in [5.41, 5.74) is 11.9. The van der Waals surface area contributed by atoms with Crippen molar-refractivity contribution in [1.82, 2.24) is 24.8 Å². The van der Waals surface area contributed by atoms with Crippen LogP contribution in [0.3, 0.4) is 0 Å². The second-order valence-electron chi connectivity index (χ2n) is 7.90. The lowest BCUT2D eigenvalue weighted by Crippen LogP contribution is -2.37. The fourth-order valence-electron chi connectivity index (χ4n) is 4.07. The summed E-state index contributed by atoms with van der Waals surface area (Å²) in [7, 11) is 0. The highest BCUT2D eigenvalue weighted by Crippen LogP contribution is 2.26. The van der Waals surface area contributed by atoms with Crippen molar-refractivity contribution in [3.05, 3.63) is 45.0 Å². The standard InChI is InChI=1S/C21H24ClN9O/c1-11(27-18-13(8-23)17(24)29-21(25)30-18)19-28-15-6-2-5-14(22)16(15)20(32)31(19)10-12-4-3-7-26-9-12/h2,5-6,11-12,26H,3-4,7,9-10H2,1H3,(H5,24,25,27,29,30)/t11-,12-/m0/s1. The Balaban J connectivity index is 1.81. The van der Waals surface area contributed by atoms with Gasteiger partial charge in [0.25, 0.3) is 5.56 Å². The summed E-state index contributed by atoms with van der Waals surface area (Å²) in [4.78, 5) is 26.2. The maximum absolute atomic E-state index is 13.5. The second-order valence-corrected chi connectivity index (χ2v) is 8.31. The molecule has 1 aromatic carbocycles. The first-order valence-electron chi connectivity index (χ1n) is 10.4. The van der Waals surface area contributed by atoms with Crippen molar-refractivity contribution in [3.63, 3.8) is 0 Å². The molecule has 166 valence electrons. The number of rotatable bonds is 5. The quantitative estimate of drug-likeness (QED) is 0.453. The molecule has 0 amide bonds. The largest absolute Gasteiger partial charge is 0.382 e. The van der Waals surface area contributed by atoms with E-state index in [0.29, 0.717) is 28.3 Å². The number of hydrogen-bond acceptors (Lipinski definition) is 9. The molecular weight excluding hydrogens is 430 g/mol. The van der Waals surface area contributed by atoms with Crippen LogP contribution in [-0.4, -0.2) is 32.6 Å². The van der Waals surface area contributed by atoms with E-state index in [4.69, 9.17) is 28.1 Å². The lowest BCUT2D eigenvalue weighted by molar-refractivity contribution is 0.327. The molecule has 0 spiro atoms. The van der Waals surface area contributed by atoms with Gasteiger partial charge in [0.1, 0.15) is 23.3 Å². The fraction of sp³-hybridized carbons (Fsp3) is 0.381. The Labute approximate surface area is 189 Å². The number of hydrogen-bond donors (Lipinski definition) is 4. The maximum Gasteiger partial charge on any atom is 0.262 e. The third-order valence-electron chi connectivity index (χ3n) is 5.61. The van der Waals surface area contributed by atoms with Crippen LogP contribution in [0.1, 0.15) is 37.2 Å². The van der Waals surface area contributed by atoms with Gasteiger partial charge in [-0.2, -0.15) is 15.2 Å². The summed E-state index contributed by atoms with van der Waals surface area (Å²) in [5.74, 6) is 0.916. The maximum atomic E-state index is 13.5. The van der Waals surface area contributed by atoms with Crippen LogP contribution >= 0.6 is 11.6 Å². The van der Waals surface area contributed by atoms with Crippen LogP contribution in [0, 0.1) is 17.2 Å². The molecule has 32 heavy (non-hydrogen) atoms. The van der Waals surface area contributed by atoms with Gasteiger partial charge in [0.15, 0.2) is 5.82 Å². The van der Waals surface area contributed by atoms with E-state index >= 15 is 0 Å². The summed E-state index contributed by atoms with van der Waals surface area (Å²) < 4.78 is 1.67. The summed E-state index contributed by atoms with van der Waals surface area (Å²) in [6, 6.07) is 6.71. The van der Waals surface area contributed by atoms with E-state index in [2.05, 4.69) is 20.6 Å². The predicted octanol–water partition coefficient (Wildman–Crippen LogP) is 2.05. The van der Waals surface area contributed by atoms with Gasteiger partial charge in [-0.15, -0.1) is 0 Å².